The molecule has 5 heteroatoms. The summed E-state index contributed by atoms with van der Waals surface area (Å²) in [5.41, 5.74) is 0. The predicted molar refractivity (Wildman–Crippen MR) is 34.2 cm³/mol. The zero-order chi connectivity index (χ0) is 8.91. The second kappa shape index (κ2) is 4.00. The van der Waals surface area contributed by atoms with E-state index >= 15 is 0 Å². The van der Waals surface area contributed by atoms with E-state index in [1.807, 2.05) is 0 Å². The summed E-state index contributed by atoms with van der Waals surface area (Å²) in [4.78, 5) is 4.02. The van der Waals surface area contributed by atoms with Gasteiger partial charge in [-0.05, 0) is 0 Å². The van der Waals surface area contributed by atoms with Crippen LogP contribution in [0.3, 0.4) is 0 Å². The monoisotopic (exact) mass is 168 g/mol. The summed E-state index contributed by atoms with van der Waals surface area (Å²) in [6.07, 6.45) is -2.16. The fourth-order valence-corrected chi connectivity index (χ4v) is 0.452. The van der Waals surface area contributed by atoms with Gasteiger partial charge in [0.2, 0.25) is 6.21 Å². The molecule has 0 aromatic heterocycles. The van der Waals surface area contributed by atoms with Gasteiger partial charge in [-0.1, -0.05) is 6.08 Å². The van der Waals surface area contributed by atoms with Gasteiger partial charge in [-0.15, -0.1) is 19.8 Å². The lowest BCUT2D eigenvalue weighted by Gasteiger charge is -1.99. The zero-order valence-electron chi connectivity index (χ0n) is 6.06. The van der Waals surface area contributed by atoms with Crippen LogP contribution in [-0.2, 0) is 4.84 Å². The molecular formula is C6H9F3NO+. The van der Waals surface area contributed by atoms with E-state index in [0.717, 1.165) is 13.3 Å². The molecule has 0 saturated heterocycles. The summed E-state index contributed by atoms with van der Waals surface area (Å²) in [5, 5.41) is 0. The molecule has 0 amide bonds. The smallest absolute Gasteiger partial charge is 0.272 e. The third-order valence-corrected chi connectivity index (χ3v) is 0.884. The molecule has 0 aliphatic carbocycles. The molecule has 0 spiro atoms. The maximum Gasteiger partial charge on any atom is 0.678 e. The first-order chi connectivity index (χ1) is 5.02. The van der Waals surface area contributed by atoms with Gasteiger partial charge in [0.25, 0.3) is 0 Å². The molecule has 0 fully saturated rings. The molecule has 0 aliphatic rings. The van der Waals surface area contributed by atoms with Crippen molar-refractivity contribution < 1.29 is 22.7 Å². The molecule has 0 saturated carbocycles. The first-order valence-electron chi connectivity index (χ1n) is 2.86. The number of hydrogen-bond donors (Lipinski definition) is 0. The van der Waals surface area contributed by atoms with Gasteiger partial charge in [0.05, 0.1) is 4.74 Å². The fraction of sp³-hybridized carbons (Fsp3) is 0.500. The average molecular weight is 168 g/mol. The zero-order valence-corrected chi connectivity index (χ0v) is 6.06. The van der Waals surface area contributed by atoms with Crippen molar-refractivity contribution >= 4 is 6.21 Å². The van der Waals surface area contributed by atoms with E-state index < -0.39 is 6.30 Å². The molecule has 0 bridgehead atoms. The molecule has 0 aromatic carbocycles. The van der Waals surface area contributed by atoms with E-state index in [0.29, 0.717) is 0 Å². The largest absolute Gasteiger partial charge is 0.678 e. The molecule has 64 valence electrons. The molecular weight excluding hydrogens is 159 g/mol. The Hall–Kier alpha value is -1.00. The number of halogens is 3. The van der Waals surface area contributed by atoms with Gasteiger partial charge in [-0.25, -0.2) is 0 Å². The number of allylic oxidation sites excluding steroid dienone is 1. The highest BCUT2D eigenvalue weighted by Crippen LogP contribution is 2.15. The van der Waals surface area contributed by atoms with Crippen LogP contribution in [0.25, 0.3) is 0 Å². The quantitative estimate of drug-likeness (QED) is 0.205. The molecule has 2 nitrogen and oxygen atoms in total. The van der Waals surface area contributed by atoms with Crippen LogP contribution in [0.15, 0.2) is 12.7 Å². The van der Waals surface area contributed by atoms with Gasteiger partial charge in [0.15, 0.2) is 0 Å². The number of nitrogens with zero attached hydrogens (tertiary/aromatic N) is 1. The van der Waals surface area contributed by atoms with Crippen LogP contribution in [0.2, 0.25) is 0 Å². The number of rotatable bonds is 3. The van der Waals surface area contributed by atoms with E-state index in [1.54, 1.807) is 0 Å². The summed E-state index contributed by atoms with van der Waals surface area (Å²) in [6.45, 7) is 3.27. The van der Waals surface area contributed by atoms with Crippen LogP contribution in [0, 0.1) is 0 Å². The minimum Gasteiger partial charge on any atom is -0.272 e. The van der Waals surface area contributed by atoms with Crippen molar-refractivity contribution in [2.24, 2.45) is 0 Å². The molecule has 0 atom stereocenters. The van der Waals surface area contributed by atoms with Crippen LogP contribution in [-0.4, -0.2) is 24.4 Å². The van der Waals surface area contributed by atoms with Crippen molar-refractivity contribution in [3.8, 4) is 0 Å². The van der Waals surface area contributed by atoms with Crippen LogP contribution >= 0.6 is 0 Å². The third kappa shape index (κ3) is 3.64. The highest BCUT2D eigenvalue weighted by molar-refractivity contribution is 5.53. The predicted octanol–water partition coefficient (Wildman–Crippen LogP) is 1.73. The molecule has 0 aromatic rings. The molecule has 0 unspecified atom stereocenters. The Kier molecular flexibility index (Phi) is 3.64. The summed E-state index contributed by atoms with van der Waals surface area (Å²) in [6, 6.07) is 0. The fourth-order valence-electron chi connectivity index (χ4n) is 0.452. The Balaban J connectivity index is 4.26. The standard InChI is InChI=1S/C6H9F3NO/c1-3-4-5-10(11-2)6(7,8)9/h3,5H,1,4H2,2H3/q+1. The Bertz CT molecular complexity index is 162. The molecule has 0 radical (unpaired) electrons. The number of alkyl halides is 3. The molecule has 0 heterocycles. The van der Waals surface area contributed by atoms with Crippen LogP contribution in [0.5, 0.6) is 0 Å². The maximum absolute atomic E-state index is 11.8. The Labute approximate surface area is 62.5 Å². The lowest BCUT2D eigenvalue weighted by atomic mass is 10.5. The van der Waals surface area contributed by atoms with Crippen LogP contribution in [0.4, 0.5) is 13.2 Å². The minimum absolute atomic E-state index is 0.118. The van der Waals surface area contributed by atoms with E-state index in [9.17, 15) is 13.2 Å². The summed E-state index contributed by atoms with van der Waals surface area (Å²) in [7, 11) is 0.951. The second-order valence-electron chi connectivity index (χ2n) is 1.68. The maximum atomic E-state index is 11.8. The van der Waals surface area contributed by atoms with Gasteiger partial charge in [0.1, 0.15) is 7.11 Å². The lowest BCUT2D eigenvalue weighted by molar-refractivity contribution is -0.888. The molecule has 11 heavy (non-hydrogen) atoms. The van der Waals surface area contributed by atoms with Crippen LogP contribution < -0.4 is 0 Å². The average Bonchev–Trinajstić information content (AvgIpc) is 1.87. The SMILES string of the molecule is C=CCC=[N+](OC)C(F)(F)F. The van der Waals surface area contributed by atoms with Gasteiger partial charge >= 0.3 is 6.30 Å². The Morgan fingerprint density at radius 2 is 2.09 bits per heavy atom. The first kappa shape index (κ1) is 10.0. The lowest BCUT2D eigenvalue weighted by Crippen LogP contribution is -2.28. The Morgan fingerprint density at radius 1 is 1.55 bits per heavy atom. The van der Waals surface area contributed by atoms with Crippen molar-refractivity contribution in [1.29, 1.82) is 0 Å². The minimum atomic E-state index is -4.47. The molecule has 0 aliphatic heterocycles. The van der Waals surface area contributed by atoms with Gasteiger partial charge < -0.3 is 0 Å². The molecule has 0 rings (SSSR count). The summed E-state index contributed by atoms with van der Waals surface area (Å²) >= 11 is 0. The first-order valence-corrected chi connectivity index (χ1v) is 2.86. The van der Waals surface area contributed by atoms with Gasteiger partial charge in [0, 0.05) is 6.42 Å². The summed E-state index contributed by atoms with van der Waals surface area (Å²) in [5.74, 6) is 0. The van der Waals surface area contributed by atoms with E-state index in [1.165, 1.54) is 6.08 Å². The van der Waals surface area contributed by atoms with Gasteiger partial charge in [-0.2, -0.15) is 0 Å². The molecule has 0 N–H and O–H groups in total. The second-order valence-corrected chi connectivity index (χ2v) is 1.68. The third-order valence-electron chi connectivity index (χ3n) is 0.884. The van der Waals surface area contributed by atoms with Gasteiger partial charge in [-0.3, -0.25) is 4.84 Å². The Morgan fingerprint density at radius 3 is 2.36 bits per heavy atom. The number of hydroxylamine groups is 1. The highest BCUT2D eigenvalue weighted by Gasteiger charge is 2.46. The van der Waals surface area contributed by atoms with E-state index in [2.05, 4.69) is 11.4 Å². The topological polar surface area (TPSA) is 12.2 Å². The number of hydrogen-bond acceptors (Lipinski definition) is 1. The van der Waals surface area contributed by atoms with E-state index in [4.69, 9.17) is 0 Å². The highest BCUT2D eigenvalue weighted by atomic mass is 19.4. The summed E-state index contributed by atoms with van der Waals surface area (Å²) < 4.78 is 35.2. The van der Waals surface area contributed by atoms with Crippen LogP contribution in [0.1, 0.15) is 6.42 Å². The van der Waals surface area contributed by atoms with Crippen molar-refractivity contribution in [1.82, 2.24) is 0 Å². The van der Waals surface area contributed by atoms with Crippen molar-refractivity contribution in [3.05, 3.63) is 12.7 Å². The normalized spacial score (nSPS) is 12.9. The van der Waals surface area contributed by atoms with E-state index in [-0.39, 0.29) is 11.2 Å². The van der Waals surface area contributed by atoms with Crippen molar-refractivity contribution in [3.63, 3.8) is 0 Å². The van der Waals surface area contributed by atoms with Crippen molar-refractivity contribution in [2.75, 3.05) is 7.11 Å². The van der Waals surface area contributed by atoms with Crippen molar-refractivity contribution in [2.45, 2.75) is 12.7 Å².